The van der Waals surface area contributed by atoms with Gasteiger partial charge in [0.2, 0.25) is 11.8 Å². The van der Waals surface area contributed by atoms with Crippen molar-refractivity contribution in [3.63, 3.8) is 0 Å². The molecule has 7 nitrogen and oxygen atoms in total. The lowest BCUT2D eigenvalue weighted by molar-refractivity contribution is -0.140. The molecule has 44 heavy (non-hydrogen) atoms. The Bertz CT molecular complexity index is 1670. The number of hydrogen-bond donors (Lipinski definition) is 1. The molecule has 0 bridgehead atoms. The maximum atomic E-state index is 14.5. The van der Waals surface area contributed by atoms with Gasteiger partial charge in [-0.1, -0.05) is 107 Å². The minimum Gasteiger partial charge on any atom is -0.352 e. The largest absolute Gasteiger partial charge is 0.352 e. The van der Waals surface area contributed by atoms with Crippen LogP contribution in [-0.2, 0) is 32.6 Å². The average Bonchev–Trinajstić information content (AvgIpc) is 3.02. The summed E-state index contributed by atoms with van der Waals surface area (Å²) in [6.07, 6.45) is 0.991. The highest BCUT2D eigenvalue weighted by Crippen LogP contribution is 2.27. The van der Waals surface area contributed by atoms with Gasteiger partial charge in [0.15, 0.2) is 0 Å². The van der Waals surface area contributed by atoms with Gasteiger partial charge < -0.3 is 10.2 Å². The Morgan fingerprint density at radius 2 is 1.48 bits per heavy atom. The Balaban J connectivity index is 1.80. The minimum atomic E-state index is -4.14. The van der Waals surface area contributed by atoms with Crippen molar-refractivity contribution in [2.75, 3.05) is 10.8 Å². The summed E-state index contributed by atoms with van der Waals surface area (Å²) in [5, 5.41) is 3.06. The zero-order chi connectivity index (χ0) is 31.7. The molecule has 2 atom stereocenters. The van der Waals surface area contributed by atoms with Crippen molar-refractivity contribution in [2.45, 2.75) is 57.1 Å². The van der Waals surface area contributed by atoms with Gasteiger partial charge in [0.1, 0.15) is 12.6 Å². The highest BCUT2D eigenvalue weighted by molar-refractivity contribution is 9.10. The molecule has 0 saturated carbocycles. The molecular weight excluding hydrogens is 638 g/mol. The van der Waals surface area contributed by atoms with Crippen LogP contribution >= 0.6 is 15.9 Å². The van der Waals surface area contributed by atoms with Crippen LogP contribution in [0.1, 0.15) is 37.0 Å². The molecule has 0 aromatic heterocycles. The second kappa shape index (κ2) is 15.2. The molecule has 0 unspecified atom stereocenters. The van der Waals surface area contributed by atoms with Crippen LogP contribution in [-0.4, -0.2) is 43.8 Å². The van der Waals surface area contributed by atoms with Crippen molar-refractivity contribution in [2.24, 2.45) is 0 Å². The number of nitrogens with one attached hydrogen (secondary N) is 1. The SMILES string of the molecule is CC[C@H](C)NC(=O)[C@H](Cc1ccccc1)N(Cc1cccc(C)c1)C(=O)CN(c1cccc(Br)c1)S(=O)(=O)c1ccccc1. The van der Waals surface area contributed by atoms with E-state index in [4.69, 9.17) is 0 Å². The van der Waals surface area contributed by atoms with Gasteiger partial charge in [0.25, 0.3) is 10.0 Å². The number of anilines is 1. The normalized spacial score (nSPS) is 12.6. The van der Waals surface area contributed by atoms with Crippen molar-refractivity contribution in [3.8, 4) is 0 Å². The topological polar surface area (TPSA) is 86.8 Å². The Morgan fingerprint density at radius 1 is 0.841 bits per heavy atom. The summed E-state index contributed by atoms with van der Waals surface area (Å²) in [6.45, 7) is 5.50. The molecule has 0 spiro atoms. The summed E-state index contributed by atoms with van der Waals surface area (Å²) >= 11 is 3.44. The molecular formula is C35H38BrN3O4S. The molecule has 0 aliphatic rings. The van der Waals surface area contributed by atoms with Crippen LogP contribution in [0.2, 0.25) is 0 Å². The summed E-state index contributed by atoms with van der Waals surface area (Å²) in [7, 11) is -4.14. The first-order chi connectivity index (χ1) is 21.1. The fourth-order valence-corrected chi connectivity index (χ4v) is 6.70. The van der Waals surface area contributed by atoms with Gasteiger partial charge in [0, 0.05) is 23.5 Å². The standard InChI is InChI=1S/C35H38BrN3O4S/c1-4-27(3)37-35(41)33(22-28-14-7-5-8-15-28)38(24-29-16-11-13-26(2)21-29)34(40)25-39(31-18-12-17-30(36)23-31)44(42,43)32-19-9-6-10-20-32/h5-21,23,27,33H,4,22,24-25H2,1-3H3,(H,37,41)/t27-,33-/m0/s1. The number of benzene rings is 4. The van der Waals surface area contributed by atoms with E-state index in [0.717, 1.165) is 27.4 Å². The molecule has 0 fully saturated rings. The van der Waals surface area contributed by atoms with Gasteiger partial charge >= 0.3 is 0 Å². The Hall–Kier alpha value is -3.95. The van der Waals surface area contributed by atoms with E-state index in [1.54, 1.807) is 42.5 Å². The number of carbonyl (C=O) groups is 2. The molecule has 0 heterocycles. The van der Waals surface area contributed by atoms with E-state index in [-0.39, 0.29) is 29.8 Å². The maximum absolute atomic E-state index is 14.5. The molecule has 4 aromatic carbocycles. The summed E-state index contributed by atoms with van der Waals surface area (Å²) in [5.41, 5.74) is 3.07. The number of sulfonamides is 1. The lowest BCUT2D eigenvalue weighted by Crippen LogP contribution is -2.54. The first-order valence-electron chi connectivity index (χ1n) is 14.6. The van der Waals surface area contributed by atoms with Gasteiger partial charge in [-0.25, -0.2) is 8.42 Å². The first-order valence-corrected chi connectivity index (χ1v) is 16.8. The molecule has 4 rings (SSSR count). The first kappa shape index (κ1) is 33.0. The quantitative estimate of drug-likeness (QED) is 0.175. The minimum absolute atomic E-state index is 0.0633. The number of rotatable bonds is 13. The predicted octanol–water partition coefficient (Wildman–Crippen LogP) is 6.51. The third-order valence-corrected chi connectivity index (χ3v) is 9.70. The van der Waals surface area contributed by atoms with Crippen LogP contribution in [0.25, 0.3) is 0 Å². The monoisotopic (exact) mass is 675 g/mol. The van der Waals surface area contributed by atoms with E-state index in [2.05, 4.69) is 21.2 Å². The predicted molar refractivity (Wildman–Crippen MR) is 179 cm³/mol. The van der Waals surface area contributed by atoms with Gasteiger partial charge in [-0.05, 0) is 61.7 Å². The van der Waals surface area contributed by atoms with Crippen LogP contribution < -0.4 is 9.62 Å². The summed E-state index contributed by atoms with van der Waals surface area (Å²) < 4.78 is 29.9. The molecule has 0 saturated heterocycles. The molecule has 4 aromatic rings. The molecule has 0 aliphatic heterocycles. The van der Waals surface area contributed by atoms with Crippen LogP contribution in [0, 0.1) is 6.92 Å². The van der Waals surface area contributed by atoms with E-state index in [1.807, 2.05) is 75.4 Å². The van der Waals surface area contributed by atoms with Gasteiger partial charge in [0.05, 0.1) is 10.6 Å². The summed E-state index contributed by atoms with van der Waals surface area (Å²) in [6, 6.07) is 31.2. The van der Waals surface area contributed by atoms with Crippen LogP contribution in [0.3, 0.4) is 0 Å². The lowest BCUT2D eigenvalue weighted by atomic mass is 10.0. The van der Waals surface area contributed by atoms with Crippen molar-refractivity contribution in [3.05, 3.63) is 130 Å². The number of aryl methyl sites for hydroxylation is 1. The number of hydrogen-bond acceptors (Lipinski definition) is 4. The second-order valence-corrected chi connectivity index (χ2v) is 13.6. The van der Waals surface area contributed by atoms with Crippen LogP contribution in [0.15, 0.2) is 119 Å². The van der Waals surface area contributed by atoms with Crippen molar-refractivity contribution in [1.29, 1.82) is 0 Å². The number of nitrogens with zero attached hydrogens (tertiary/aromatic N) is 2. The molecule has 1 N–H and O–H groups in total. The highest BCUT2D eigenvalue weighted by Gasteiger charge is 2.35. The molecule has 2 amide bonds. The Labute approximate surface area is 269 Å². The number of halogens is 1. The molecule has 9 heteroatoms. The Kier molecular flexibility index (Phi) is 11.4. The Morgan fingerprint density at radius 3 is 2.11 bits per heavy atom. The smallest absolute Gasteiger partial charge is 0.264 e. The van der Waals surface area contributed by atoms with Crippen molar-refractivity contribution < 1.29 is 18.0 Å². The van der Waals surface area contributed by atoms with Gasteiger partial charge in [-0.15, -0.1) is 0 Å². The fraction of sp³-hybridized carbons (Fsp3) is 0.257. The van der Waals surface area contributed by atoms with E-state index in [0.29, 0.717) is 10.2 Å². The van der Waals surface area contributed by atoms with Crippen molar-refractivity contribution in [1.82, 2.24) is 10.2 Å². The third-order valence-electron chi connectivity index (χ3n) is 7.41. The van der Waals surface area contributed by atoms with E-state index in [9.17, 15) is 18.0 Å². The fourth-order valence-electron chi connectivity index (χ4n) is 4.88. The highest BCUT2D eigenvalue weighted by atomic mass is 79.9. The van der Waals surface area contributed by atoms with E-state index in [1.165, 1.54) is 17.0 Å². The zero-order valence-corrected chi connectivity index (χ0v) is 27.6. The maximum Gasteiger partial charge on any atom is 0.264 e. The number of carbonyl (C=O) groups excluding carboxylic acids is 2. The average molecular weight is 677 g/mol. The van der Waals surface area contributed by atoms with E-state index < -0.39 is 28.5 Å². The van der Waals surface area contributed by atoms with Crippen LogP contribution in [0.4, 0.5) is 5.69 Å². The molecule has 0 aliphatic carbocycles. The molecule has 0 radical (unpaired) electrons. The molecule has 230 valence electrons. The van der Waals surface area contributed by atoms with Gasteiger partial charge in [-0.2, -0.15) is 0 Å². The van der Waals surface area contributed by atoms with Crippen molar-refractivity contribution >= 4 is 43.5 Å². The lowest BCUT2D eigenvalue weighted by Gasteiger charge is -2.34. The van der Waals surface area contributed by atoms with Gasteiger partial charge in [-0.3, -0.25) is 13.9 Å². The summed E-state index contributed by atoms with van der Waals surface area (Å²) in [4.78, 5) is 30.0. The number of amides is 2. The zero-order valence-electron chi connectivity index (χ0n) is 25.2. The van der Waals surface area contributed by atoms with E-state index >= 15 is 0 Å². The van der Waals surface area contributed by atoms with Crippen LogP contribution in [0.5, 0.6) is 0 Å². The second-order valence-electron chi connectivity index (χ2n) is 10.8. The summed E-state index contributed by atoms with van der Waals surface area (Å²) in [5.74, 6) is -0.782. The third kappa shape index (κ3) is 8.57.